The first-order chi connectivity index (χ1) is 11.7. The van der Waals surface area contributed by atoms with Crippen molar-refractivity contribution in [2.45, 2.75) is 37.6 Å². The summed E-state index contributed by atoms with van der Waals surface area (Å²) in [7, 11) is 0. The van der Waals surface area contributed by atoms with Crippen LogP contribution in [0.3, 0.4) is 0 Å². The van der Waals surface area contributed by atoms with Crippen molar-refractivity contribution in [1.82, 2.24) is 10.2 Å². The quantitative estimate of drug-likeness (QED) is 0.815. The number of halogens is 1. The first-order valence-electron chi connectivity index (χ1n) is 8.82. The van der Waals surface area contributed by atoms with E-state index in [-0.39, 0.29) is 11.4 Å². The Balaban J connectivity index is 1.60. The Kier molecular flexibility index (Phi) is 6.03. The molecule has 0 spiro atoms. The topological polar surface area (TPSA) is 36.5 Å². The van der Waals surface area contributed by atoms with Crippen LogP contribution in [-0.2, 0) is 4.74 Å². The van der Waals surface area contributed by atoms with Crippen LogP contribution in [0, 0.1) is 5.82 Å². The molecule has 0 radical (unpaired) electrons. The van der Waals surface area contributed by atoms with Gasteiger partial charge >= 0.3 is 0 Å². The van der Waals surface area contributed by atoms with Crippen LogP contribution in [0.1, 0.15) is 32.1 Å². The number of anilines is 1. The Morgan fingerprint density at radius 3 is 2.58 bits per heavy atom. The second kappa shape index (κ2) is 8.23. The lowest BCUT2D eigenvalue weighted by Gasteiger charge is -2.48. The zero-order chi connectivity index (χ0) is 16.8. The molecule has 0 bridgehead atoms. The Labute approximate surface area is 148 Å². The minimum atomic E-state index is -0.290. The Bertz CT molecular complexity index is 557. The molecular weight excluding hydrogens is 325 g/mol. The van der Waals surface area contributed by atoms with E-state index in [1.165, 1.54) is 38.2 Å². The molecule has 2 fully saturated rings. The fraction of sp³-hybridized carbons (Fsp3) is 0.611. The molecule has 0 amide bonds. The minimum absolute atomic E-state index is 0.142. The third-order valence-corrected chi connectivity index (χ3v) is 5.41. The maximum atomic E-state index is 13.7. The van der Waals surface area contributed by atoms with Crippen molar-refractivity contribution in [2.75, 3.05) is 38.2 Å². The van der Waals surface area contributed by atoms with Gasteiger partial charge in [-0.25, -0.2) is 4.39 Å². The van der Waals surface area contributed by atoms with Crippen LogP contribution in [0.5, 0.6) is 0 Å². The van der Waals surface area contributed by atoms with Crippen molar-refractivity contribution in [1.29, 1.82) is 0 Å². The van der Waals surface area contributed by atoms with Crippen LogP contribution in [0.25, 0.3) is 0 Å². The Hall–Kier alpha value is -1.24. The lowest BCUT2D eigenvalue weighted by atomic mass is 9.80. The molecule has 2 N–H and O–H groups in total. The lowest BCUT2D eigenvalue weighted by molar-refractivity contribution is -0.0351. The molecule has 1 saturated heterocycles. The average Bonchev–Trinajstić information content (AvgIpc) is 2.63. The van der Waals surface area contributed by atoms with Gasteiger partial charge in [-0.05, 0) is 37.2 Å². The van der Waals surface area contributed by atoms with Crippen molar-refractivity contribution in [3.05, 3.63) is 30.1 Å². The summed E-state index contributed by atoms with van der Waals surface area (Å²) in [5.41, 5.74) is 0.558. The molecule has 1 aromatic carbocycles. The number of nitrogens with zero attached hydrogens (tertiary/aromatic N) is 1. The molecule has 0 aromatic heterocycles. The van der Waals surface area contributed by atoms with Crippen LogP contribution in [0.2, 0.25) is 0 Å². The first kappa shape index (κ1) is 17.6. The molecule has 0 atom stereocenters. The molecule has 2 aliphatic rings. The van der Waals surface area contributed by atoms with Gasteiger partial charge in [0.2, 0.25) is 0 Å². The predicted molar refractivity (Wildman–Crippen MR) is 98.8 cm³/mol. The number of benzene rings is 1. The van der Waals surface area contributed by atoms with E-state index < -0.39 is 0 Å². The number of hydrogen-bond acceptors (Lipinski definition) is 3. The van der Waals surface area contributed by atoms with E-state index in [1.807, 2.05) is 0 Å². The number of hydrogen-bond donors (Lipinski definition) is 2. The highest BCUT2D eigenvalue weighted by Gasteiger charge is 2.38. The van der Waals surface area contributed by atoms with E-state index in [2.05, 4.69) is 15.5 Å². The number of thiocarbonyl (C=S) groups is 1. The second-order valence-electron chi connectivity index (χ2n) is 6.67. The Morgan fingerprint density at radius 1 is 1.17 bits per heavy atom. The van der Waals surface area contributed by atoms with E-state index >= 15 is 0 Å². The van der Waals surface area contributed by atoms with Crippen molar-refractivity contribution in [3.63, 3.8) is 0 Å². The predicted octanol–water partition coefficient (Wildman–Crippen LogP) is 3.15. The smallest absolute Gasteiger partial charge is 0.170 e. The van der Waals surface area contributed by atoms with Crippen molar-refractivity contribution >= 4 is 23.0 Å². The van der Waals surface area contributed by atoms with E-state index in [1.54, 1.807) is 18.2 Å². The summed E-state index contributed by atoms with van der Waals surface area (Å²) in [5.74, 6) is -0.290. The third-order valence-electron chi connectivity index (χ3n) is 5.17. The number of morpholine rings is 1. The average molecular weight is 351 g/mol. The molecule has 3 rings (SSSR count). The molecule has 1 aromatic rings. The highest BCUT2D eigenvalue weighted by molar-refractivity contribution is 7.80. The number of para-hydroxylation sites is 1. The molecule has 132 valence electrons. The largest absolute Gasteiger partial charge is 0.379 e. The molecule has 1 aliphatic carbocycles. The molecular formula is C18H26FN3OS. The van der Waals surface area contributed by atoms with E-state index in [0.717, 1.165) is 32.8 Å². The molecule has 1 saturated carbocycles. The van der Waals surface area contributed by atoms with Gasteiger partial charge in [0.15, 0.2) is 5.11 Å². The molecule has 4 nitrogen and oxygen atoms in total. The van der Waals surface area contributed by atoms with Gasteiger partial charge in [-0.3, -0.25) is 4.90 Å². The summed E-state index contributed by atoms with van der Waals surface area (Å²) < 4.78 is 19.3. The molecule has 1 heterocycles. The summed E-state index contributed by atoms with van der Waals surface area (Å²) in [5, 5.41) is 6.79. The zero-order valence-electron chi connectivity index (χ0n) is 14.0. The highest BCUT2D eigenvalue weighted by Crippen LogP contribution is 2.33. The van der Waals surface area contributed by atoms with Crippen LogP contribution < -0.4 is 10.6 Å². The van der Waals surface area contributed by atoms with Crippen LogP contribution in [0.4, 0.5) is 10.1 Å². The van der Waals surface area contributed by atoms with Crippen LogP contribution >= 0.6 is 12.2 Å². The van der Waals surface area contributed by atoms with Crippen molar-refractivity contribution in [2.24, 2.45) is 0 Å². The molecule has 6 heteroatoms. The van der Waals surface area contributed by atoms with E-state index in [4.69, 9.17) is 17.0 Å². The molecule has 24 heavy (non-hydrogen) atoms. The maximum absolute atomic E-state index is 13.7. The van der Waals surface area contributed by atoms with Gasteiger partial charge in [0.25, 0.3) is 0 Å². The van der Waals surface area contributed by atoms with Crippen LogP contribution in [-0.4, -0.2) is 48.4 Å². The number of ether oxygens (including phenoxy) is 1. The van der Waals surface area contributed by atoms with E-state index in [9.17, 15) is 4.39 Å². The standard InChI is InChI=1S/C18H26FN3OS/c19-15-6-2-3-7-16(15)21-17(24)20-14-18(8-4-1-5-9-18)22-10-12-23-13-11-22/h2-3,6-7H,1,4-5,8-14H2,(H2,20,21,24). The normalized spacial score (nSPS) is 21.2. The molecule has 0 unspecified atom stereocenters. The summed E-state index contributed by atoms with van der Waals surface area (Å²) in [6, 6.07) is 6.60. The second-order valence-corrected chi connectivity index (χ2v) is 7.08. The summed E-state index contributed by atoms with van der Waals surface area (Å²) >= 11 is 5.38. The van der Waals surface area contributed by atoms with Gasteiger partial charge in [-0.2, -0.15) is 0 Å². The Morgan fingerprint density at radius 2 is 1.88 bits per heavy atom. The van der Waals surface area contributed by atoms with E-state index in [0.29, 0.717) is 10.8 Å². The van der Waals surface area contributed by atoms with Gasteiger partial charge in [0.05, 0.1) is 18.9 Å². The summed E-state index contributed by atoms with van der Waals surface area (Å²) in [6.45, 7) is 4.37. The van der Waals surface area contributed by atoms with Gasteiger partial charge in [-0.15, -0.1) is 0 Å². The SMILES string of the molecule is Fc1ccccc1NC(=S)NCC1(N2CCOCC2)CCCCC1. The van der Waals surface area contributed by atoms with Gasteiger partial charge in [0.1, 0.15) is 5.82 Å². The summed E-state index contributed by atoms with van der Waals surface area (Å²) in [4.78, 5) is 2.56. The number of rotatable bonds is 4. The highest BCUT2D eigenvalue weighted by atomic mass is 32.1. The minimum Gasteiger partial charge on any atom is -0.379 e. The monoisotopic (exact) mass is 351 g/mol. The maximum Gasteiger partial charge on any atom is 0.170 e. The van der Waals surface area contributed by atoms with Gasteiger partial charge < -0.3 is 15.4 Å². The van der Waals surface area contributed by atoms with Crippen molar-refractivity contribution in [3.8, 4) is 0 Å². The number of nitrogens with one attached hydrogen (secondary N) is 2. The summed E-state index contributed by atoms with van der Waals surface area (Å²) in [6.07, 6.45) is 6.19. The molecule has 1 aliphatic heterocycles. The van der Waals surface area contributed by atoms with Crippen molar-refractivity contribution < 1.29 is 9.13 Å². The van der Waals surface area contributed by atoms with Gasteiger partial charge in [0, 0.05) is 25.2 Å². The third kappa shape index (κ3) is 4.23. The first-order valence-corrected chi connectivity index (χ1v) is 9.23. The fourth-order valence-corrected chi connectivity index (χ4v) is 4.01. The van der Waals surface area contributed by atoms with Crippen LogP contribution in [0.15, 0.2) is 24.3 Å². The van der Waals surface area contributed by atoms with Gasteiger partial charge in [-0.1, -0.05) is 31.4 Å². The lowest BCUT2D eigenvalue weighted by Crippen LogP contribution is -2.60. The zero-order valence-corrected chi connectivity index (χ0v) is 14.8. The fourth-order valence-electron chi connectivity index (χ4n) is 3.83.